The van der Waals surface area contributed by atoms with Crippen molar-refractivity contribution in [1.29, 1.82) is 0 Å². The van der Waals surface area contributed by atoms with Gasteiger partial charge in [0, 0.05) is 62.2 Å². The molecule has 134 valence electrons. The lowest BCUT2D eigenvalue weighted by molar-refractivity contribution is -0.383. The van der Waals surface area contributed by atoms with Gasteiger partial charge in [0.25, 0.3) is 5.69 Å². The molecule has 0 unspecified atom stereocenters. The molecule has 1 fully saturated rings. The zero-order chi connectivity index (χ0) is 17.8. The first kappa shape index (κ1) is 17.6. The summed E-state index contributed by atoms with van der Waals surface area (Å²) in [6, 6.07) is 7.21. The van der Waals surface area contributed by atoms with Gasteiger partial charge in [-0.25, -0.2) is 4.98 Å². The van der Waals surface area contributed by atoms with Crippen molar-refractivity contribution in [3.05, 3.63) is 40.1 Å². The molecule has 0 N–H and O–H groups in total. The number of non-ortho nitro benzene ring substituents is 1. The molecule has 1 aromatic carbocycles. The summed E-state index contributed by atoms with van der Waals surface area (Å²) in [4.78, 5) is 20.1. The number of rotatable bonds is 6. The molecule has 7 nitrogen and oxygen atoms in total. The van der Waals surface area contributed by atoms with E-state index in [0.29, 0.717) is 5.52 Å². The third kappa shape index (κ3) is 3.88. The first-order chi connectivity index (χ1) is 12.1. The van der Waals surface area contributed by atoms with Crippen LogP contribution < -0.4 is 4.90 Å². The van der Waals surface area contributed by atoms with Crippen LogP contribution in [0, 0.1) is 17.0 Å². The van der Waals surface area contributed by atoms with Gasteiger partial charge in [-0.3, -0.25) is 15.0 Å². The van der Waals surface area contributed by atoms with Crippen LogP contribution in [-0.2, 0) is 4.74 Å². The monoisotopic (exact) mass is 344 g/mol. The van der Waals surface area contributed by atoms with E-state index in [-0.39, 0.29) is 10.6 Å². The number of benzene rings is 1. The van der Waals surface area contributed by atoms with Gasteiger partial charge >= 0.3 is 0 Å². The van der Waals surface area contributed by atoms with E-state index in [1.165, 1.54) is 6.07 Å². The summed E-state index contributed by atoms with van der Waals surface area (Å²) in [5.74, 6) is 0. The predicted octanol–water partition coefficient (Wildman–Crippen LogP) is 2.61. The fourth-order valence-corrected chi connectivity index (χ4v) is 3.30. The van der Waals surface area contributed by atoms with Gasteiger partial charge in [-0.1, -0.05) is 12.1 Å². The molecule has 1 aromatic heterocycles. The number of aromatic nitrogens is 1. The largest absolute Gasteiger partial charge is 0.380 e. The second-order valence-corrected chi connectivity index (χ2v) is 6.24. The van der Waals surface area contributed by atoms with Gasteiger partial charge in [-0.15, -0.1) is 0 Å². The molecule has 2 aromatic rings. The minimum absolute atomic E-state index is 0.0674. The fraction of sp³-hybridized carbons (Fsp3) is 0.500. The summed E-state index contributed by atoms with van der Waals surface area (Å²) in [6.07, 6.45) is 0. The maximum atomic E-state index is 11.3. The van der Waals surface area contributed by atoms with Crippen LogP contribution in [-0.4, -0.2) is 60.7 Å². The molecule has 3 rings (SSSR count). The van der Waals surface area contributed by atoms with Crippen molar-refractivity contribution >= 4 is 22.3 Å². The van der Waals surface area contributed by atoms with Crippen molar-refractivity contribution in [3.8, 4) is 0 Å². The Hall–Kier alpha value is -2.25. The Morgan fingerprint density at radius 3 is 2.72 bits per heavy atom. The van der Waals surface area contributed by atoms with Crippen molar-refractivity contribution in [1.82, 2.24) is 9.88 Å². The topological polar surface area (TPSA) is 71.7 Å². The number of pyridine rings is 1. The minimum Gasteiger partial charge on any atom is -0.380 e. The average Bonchev–Trinajstić information content (AvgIpc) is 2.61. The number of ether oxygens (including phenoxy) is 1. The number of nitrogens with zero attached hydrogens (tertiary/aromatic N) is 4. The van der Waals surface area contributed by atoms with Crippen LogP contribution in [0.2, 0.25) is 0 Å². The number of hydrogen-bond donors (Lipinski definition) is 0. The second-order valence-electron chi connectivity index (χ2n) is 6.24. The van der Waals surface area contributed by atoms with Gasteiger partial charge in [0.05, 0.1) is 11.5 Å². The van der Waals surface area contributed by atoms with Gasteiger partial charge in [-0.05, 0) is 19.9 Å². The first-order valence-corrected chi connectivity index (χ1v) is 8.70. The summed E-state index contributed by atoms with van der Waals surface area (Å²) in [7, 11) is 0. The third-order valence-electron chi connectivity index (χ3n) is 4.59. The lowest BCUT2D eigenvalue weighted by atomic mass is 10.1. The van der Waals surface area contributed by atoms with E-state index < -0.39 is 0 Å². The molecule has 0 spiro atoms. The van der Waals surface area contributed by atoms with Crippen LogP contribution in [0.4, 0.5) is 11.4 Å². The Morgan fingerprint density at radius 1 is 1.28 bits per heavy atom. The highest BCUT2D eigenvalue weighted by Crippen LogP contribution is 2.32. The van der Waals surface area contributed by atoms with Crippen LogP contribution in [0.3, 0.4) is 0 Å². The third-order valence-corrected chi connectivity index (χ3v) is 4.59. The summed E-state index contributed by atoms with van der Waals surface area (Å²) >= 11 is 0. The molecule has 2 heterocycles. The summed E-state index contributed by atoms with van der Waals surface area (Å²) < 4.78 is 5.43. The molecule has 0 aliphatic carbocycles. The van der Waals surface area contributed by atoms with Crippen molar-refractivity contribution in [3.63, 3.8) is 0 Å². The highest BCUT2D eigenvalue weighted by atomic mass is 16.6. The van der Waals surface area contributed by atoms with Crippen molar-refractivity contribution in [2.24, 2.45) is 0 Å². The zero-order valence-corrected chi connectivity index (χ0v) is 14.8. The maximum Gasteiger partial charge on any atom is 0.295 e. The SMILES string of the molecule is CCOCCN1CCN(c2cc(C)nc3c([N+](=O)[O-])cccc23)CC1. The summed E-state index contributed by atoms with van der Waals surface area (Å²) in [5.41, 5.74) is 2.38. The van der Waals surface area contributed by atoms with Crippen molar-refractivity contribution in [2.45, 2.75) is 13.8 Å². The van der Waals surface area contributed by atoms with Crippen molar-refractivity contribution < 1.29 is 9.66 Å². The summed E-state index contributed by atoms with van der Waals surface area (Å²) in [6.45, 7) is 10.1. The molecule has 0 bridgehead atoms. The summed E-state index contributed by atoms with van der Waals surface area (Å²) in [5, 5.41) is 12.2. The molecular weight excluding hydrogens is 320 g/mol. The zero-order valence-electron chi connectivity index (χ0n) is 14.8. The second kappa shape index (κ2) is 7.76. The number of para-hydroxylation sites is 1. The molecule has 1 aliphatic heterocycles. The van der Waals surface area contributed by atoms with E-state index in [1.54, 1.807) is 6.07 Å². The Balaban J connectivity index is 1.83. The number of hydrogen-bond acceptors (Lipinski definition) is 6. The first-order valence-electron chi connectivity index (χ1n) is 8.70. The van der Waals surface area contributed by atoms with E-state index in [2.05, 4.69) is 14.8 Å². The smallest absolute Gasteiger partial charge is 0.295 e. The van der Waals surface area contributed by atoms with E-state index in [4.69, 9.17) is 4.74 Å². The maximum absolute atomic E-state index is 11.3. The van der Waals surface area contributed by atoms with E-state index in [0.717, 1.165) is 62.7 Å². The van der Waals surface area contributed by atoms with Crippen LogP contribution in [0.25, 0.3) is 10.9 Å². The molecule has 1 saturated heterocycles. The molecule has 0 radical (unpaired) electrons. The average molecular weight is 344 g/mol. The van der Waals surface area contributed by atoms with Gasteiger partial charge in [0.15, 0.2) is 5.52 Å². The van der Waals surface area contributed by atoms with Crippen LogP contribution in [0.1, 0.15) is 12.6 Å². The van der Waals surface area contributed by atoms with Gasteiger partial charge in [-0.2, -0.15) is 0 Å². The molecule has 25 heavy (non-hydrogen) atoms. The minimum atomic E-state index is -0.357. The number of piperazine rings is 1. The number of aryl methyl sites for hydroxylation is 1. The predicted molar refractivity (Wildman–Crippen MR) is 98.3 cm³/mol. The Kier molecular flexibility index (Phi) is 5.45. The normalized spacial score (nSPS) is 15.7. The number of anilines is 1. The highest BCUT2D eigenvalue weighted by molar-refractivity contribution is 5.97. The van der Waals surface area contributed by atoms with Crippen LogP contribution in [0.5, 0.6) is 0 Å². The standard InChI is InChI=1S/C18H24N4O3/c1-3-25-12-11-20-7-9-21(10-8-20)17-13-14(2)19-18-15(17)5-4-6-16(18)22(23)24/h4-6,13H,3,7-12H2,1-2H3. The number of nitro benzene ring substituents is 1. The molecule has 0 atom stereocenters. The van der Waals surface area contributed by atoms with Crippen molar-refractivity contribution in [2.75, 3.05) is 50.8 Å². The highest BCUT2D eigenvalue weighted by Gasteiger charge is 2.22. The van der Waals surface area contributed by atoms with E-state index in [9.17, 15) is 10.1 Å². The quantitative estimate of drug-likeness (QED) is 0.456. The Morgan fingerprint density at radius 2 is 2.04 bits per heavy atom. The fourth-order valence-electron chi connectivity index (χ4n) is 3.30. The Labute approximate surface area is 147 Å². The lowest BCUT2D eigenvalue weighted by Crippen LogP contribution is -2.47. The molecule has 1 aliphatic rings. The molecule has 0 amide bonds. The van der Waals surface area contributed by atoms with E-state index >= 15 is 0 Å². The van der Waals surface area contributed by atoms with Crippen LogP contribution >= 0.6 is 0 Å². The molecule has 7 heteroatoms. The van der Waals surface area contributed by atoms with Gasteiger partial charge < -0.3 is 9.64 Å². The number of nitro groups is 1. The number of fused-ring (bicyclic) bond motifs is 1. The van der Waals surface area contributed by atoms with Gasteiger partial charge in [0.2, 0.25) is 0 Å². The Bertz CT molecular complexity index is 757. The van der Waals surface area contributed by atoms with Gasteiger partial charge in [0.1, 0.15) is 0 Å². The lowest BCUT2D eigenvalue weighted by Gasteiger charge is -2.36. The van der Waals surface area contributed by atoms with E-state index in [1.807, 2.05) is 26.0 Å². The molecular formula is C18H24N4O3. The molecule has 0 saturated carbocycles. The van der Waals surface area contributed by atoms with Crippen LogP contribution in [0.15, 0.2) is 24.3 Å².